The number of aromatic amines is 1. The first-order valence-corrected chi connectivity index (χ1v) is 8.70. The van der Waals surface area contributed by atoms with Crippen molar-refractivity contribution in [2.24, 2.45) is 0 Å². The molecule has 29 heavy (non-hydrogen) atoms. The van der Waals surface area contributed by atoms with Crippen LogP contribution in [0.5, 0.6) is 0 Å². The maximum atomic E-state index is 12.7. The van der Waals surface area contributed by atoms with Gasteiger partial charge in [-0.25, -0.2) is 4.98 Å². The lowest BCUT2D eigenvalue weighted by molar-refractivity contribution is -0.384. The molecule has 7 heteroatoms. The first-order chi connectivity index (χ1) is 14.1. The van der Waals surface area contributed by atoms with Crippen LogP contribution >= 0.6 is 0 Å². The second kappa shape index (κ2) is 7.66. The van der Waals surface area contributed by atoms with Crippen LogP contribution in [0.2, 0.25) is 0 Å². The summed E-state index contributed by atoms with van der Waals surface area (Å²) >= 11 is 0. The Bertz CT molecular complexity index is 1280. The fourth-order valence-corrected chi connectivity index (χ4v) is 2.86. The summed E-state index contributed by atoms with van der Waals surface area (Å²) in [5.74, 6) is 5.61. The highest BCUT2D eigenvalue weighted by molar-refractivity contribution is 6.13. The average Bonchev–Trinajstić information content (AvgIpc) is 3.17. The zero-order chi connectivity index (χ0) is 20.2. The van der Waals surface area contributed by atoms with Gasteiger partial charge in [-0.2, -0.15) is 0 Å². The molecule has 0 bridgehead atoms. The smallest absolute Gasteiger partial charge is 0.270 e. The third-order valence-corrected chi connectivity index (χ3v) is 4.24. The highest BCUT2D eigenvalue weighted by atomic mass is 16.6. The van der Waals surface area contributed by atoms with Gasteiger partial charge in [0.15, 0.2) is 0 Å². The number of anilines is 1. The van der Waals surface area contributed by atoms with Gasteiger partial charge in [0.1, 0.15) is 5.69 Å². The number of hydrogen-bond donors (Lipinski definition) is 2. The number of aromatic nitrogens is 2. The first-order valence-electron chi connectivity index (χ1n) is 8.70. The molecule has 4 aromatic rings. The van der Waals surface area contributed by atoms with Crippen LogP contribution in [0.1, 0.15) is 21.6 Å². The molecule has 0 fully saturated rings. The van der Waals surface area contributed by atoms with Crippen LogP contribution in [0.15, 0.2) is 73.1 Å². The second-order valence-electron chi connectivity index (χ2n) is 6.19. The van der Waals surface area contributed by atoms with Gasteiger partial charge in [-0.1, -0.05) is 18.1 Å². The molecule has 140 valence electrons. The van der Waals surface area contributed by atoms with Crippen LogP contribution in [0.3, 0.4) is 0 Å². The molecule has 1 amide bonds. The third-order valence-electron chi connectivity index (χ3n) is 4.24. The zero-order valence-corrected chi connectivity index (χ0v) is 15.0. The van der Waals surface area contributed by atoms with Crippen molar-refractivity contribution in [2.45, 2.75) is 0 Å². The molecule has 0 aliphatic heterocycles. The minimum Gasteiger partial charge on any atom is -0.360 e. The number of amides is 1. The number of rotatable bonds is 3. The molecule has 0 spiro atoms. The van der Waals surface area contributed by atoms with Gasteiger partial charge in [0.2, 0.25) is 0 Å². The summed E-state index contributed by atoms with van der Waals surface area (Å²) in [4.78, 5) is 30.4. The minimum atomic E-state index is -0.488. The van der Waals surface area contributed by atoms with Gasteiger partial charge in [-0.05, 0) is 42.3 Å². The Morgan fingerprint density at radius 3 is 2.76 bits per heavy atom. The van der Waals surface area contributed by atoms with E-state index in [0.29, 0.717) is 27.8 Å². The molecule has 0 unspecified atom stereocenters. The number of carbonyl (C=O) groups is 1. The van der Waals surface area contributed by atoms with E-state index in [2.05, 4.69) is 27.1 Å². The van der Waals surface area contributed by atoms with Crippen LogP contribution in [-0.4, -0.2) is 20.8 Å². The average molecular weight is 382 g/mol. The van der Waals surface area contributed by atoms with Crippen LogP contribution in [-0.2, 0) is 0 Å². The number of fused-ring (bicyclic) bond motifs is 1. The van der Waals surface area contributed by atoms with Gasteiger partial charge >= 0.3 is 0 Å². The molecule has 0 saturated heterocycles. The van der Waals surface area contributed by atoms with E-state index in [9.17, 15) is 14.9 Å². The Balaban J connectivity index is 1.58. The molecule has 2 heterocycles. The zero-order valence-electron chi connectivity index (χ0n) is 15.0. The Morgan fingerprint density at radius 1 is 1.07 bits per heavy atom. The number of pyridine rings is 1. The minimum absolute atomic E-state index is 0.0713. The lowest BCUT2D eigenvalue weighted by Crippen LogP contribution is -2.11. The predicted molar refractivity (Wildman–Crippen MR) is 110 cm³/mol. The second-order valence-corrected chi connectivity index (χ2v) is 6.19. The summed E-state index contributed by atoms with van der Waals surface area (Å²) in [5.41, 5.74) is 2.86. The van der Waals surface area contributed by atoms with E-state index >= 15 is 0 Å². The number of nitrogens with zero attached hydrogens (tertiary/aromatic N) is 2. The number of nitrogens with one attached hydrogen (secondary N) is 2. The molecule has 0 aliphatic carbocycles. The summed E-state index contributed by atoms with van der Waals surface area (Å²) in [5, 5.41) is 14.3. The standard InChI is InChI=1S/C22H14N4O3/c27-22(20-14-24-21-10-9-18(26(28)29)13-19(20)21)25-17-6-3-4-15(12-17)7-8-16-5-1-2-11-23-16/h1-6,9-14,24H,(H,25,27). The summed E-state index contributed by atoms with van der Waals surface area (Å²) in [7, 11) is 0. The van der Waals surface area contributed by atoms with Crippen molar-refractivity contribution >= 4 is 28.2 Å². The maximum Gasteiger partial charge on any atom is 0.270 e. The molecular formula is C22H14N4O3. The molecule has 2 N–H and O–H groups in total. The van der Waals surface area contributed by atoms with Crippen LogP contribution < -0.4 is 5.32 Å². The lowest BCUT2D eigenvalue weighted by Gasteiger charge is -2.05. The van der Waals surface area contributed by atoms with Gasteiger partial charge in [0, 0.05) is 46.7 Å². The number of carbonyl (C=O) groups excluding carboxylic acids is 1. The van der Waals surface area contributed by atoms with E-state index < -0.39 is 4.92 Å². The SMILES string of the molecule is O=C(Nc1cccc(C#Cc2ccccn2)c1)c1c[nH]c2ccc([N+](=O)[O-])cc12. The summed E-state index contributed by atoms with van der Waals surface area (Å²) in [6, 6.07) is 17.0. The topological polar surface area (TPSA) is 101 Å². The third kappa shape index (κ3) is 3.96. The number of benzene rings is 2. The molecule has 2 aromatic heterocycles. The number of non-ortho nitro benzene ring substituents is 1. The number of nitro groups is 1. The summed E-state index contributed by atoms with van der Waals surface area (Å²) in [6.07, 6.45) is 3.21. The number of nitro benzene ring substituents is 1. The molecule has 0 atom stereocenters. The van der Waals surface area contributed by atoms with Gasteiger partial charge in [-0.15, -0.1) is 0 Å². The van der Waals surface area contributed by atoms with E-state index in [-0.39, 0.29) is 11.6 Å². The Labute approximate surface area is 165 Å². The van der Waals surface area contributed by atoms with Crippen molar-refractivity contribution in [3.8, 4) is 11.8 Å². The van der Waals surface area contributed by atoms with Crippen molar-refractivity contribution < 1.29 is 9.72 Å². The molecule has 7 nitrogen and oxygen atoms in total. The van der Waals surface area contributed by atoms with Crippen molar-refractivity contribution in [1.82, 2.24) is 9.97 Å². The van der Waals surface area contributed by atoms with Gasteiger partial charge < -0.3 is 10.3 Å². The summed E-state index contributed by atoms with van der Waals surface area (Å²) < 4.78 is 0. The predicted octanol–water partition coefficient (Wildman–Crippen LogP) is 4.12. The molecule has 4 rings (SSSR count). The number of H-pyrrole nitrogens is 1. The van der Waals surface area contributed by atoms with Gasteiger partial charge in [0.05, 0.1) is 10.5 Å². The van der Waals surface area contributed by atoms with Crippen LogP contribution in [0, 0.1) is 22.0 Å². The van der Waals surface area contributed by atoms with Crippen molar-refractivity contribution in [3.63, 3.8) is 0 Å². The van der Waals surface area contributed by atoms with E-state index in [4.69, 9.17) is 0 Å². The fraction of sp³-hybridized carbons (Fsp3) is 0. The Hall–Kier alpha value is -4.44. The maximum absolute atomic E-state index is 12.7. The fourth-order valence-electron chi connectivity index (χ4n) is 2.86. The largest absolute Gasteiger partial charge is 0.360 e. The molecule has 2 aromatic carbocycles. The Kier molecular flexibility index (Phi) is 4.74. The van der Waals surface area contributed by atoms with E-state index in [0.717, 1.165) is 5.56 Å². The highest BCUT2D eigenvalue weighted by Gasteiger charge is 2.15. The number of hydrogen-bond acceptors (Lipinski definition) is 4. The highest BCUT2D eigenvalue weighted by Crippen LogP contribution is 2.24. The van der Waals surface area contributed by atoms with Crippen molar-refractivity contribution in [3.05, 3.63) is 100.0 Å². The quantitative estimate of drug-likeness (QED) is 0.316. The molecule has 0 aliphatic rings. The van der Waals surface area contributed by atoms with Crippen molar-refractivity contribution in [1.29, 1.82) is 0 Å². The van der Waals surface area contributed by atoms with Gasteiger partial charge in [0.25, 0.3) is 11.6 Å². The van der Waals surface area contributed by atoms with Gasteiger partial charge in [-0.3, -0.25) is 14.9 Å². The monoisotopic (exact) mass is 382 g/mol. The van der Waals surface area contributed by atoms with Crippen LogP contribution in [0.25, 0.3) is 10.9 Å². The lowest BCUT2D eigenvalue weighted by atomic mass is 10.1. The van der Waals surface area contributed by atoms with E-state index in [1.807, 2.05) is 24.3 Å². The molecule has 0 saturated carbocycles. The van der Waals surface area contributed by atoms with E-state index in [1.54, 1.807) is 30.5 Å². The summed E-state index contributed by atoms with van der Waals surface area (Å²) in [6.45, 7) is 0. The molecular weight excluding hydrogens is 368 g/mol. The molecule has 0 radical (unpaired) electrons. The van der Waals surface area contributed by atoms with E-state index in [1.165, 1.54) is 18.3 Å². The van der Waals surface area contributed by atoms with Crippen LogP contribution in [0.4, 0.5) is 11.4 Å². The van der Waals surface area contributed by atoms with Crippen molar-refractivity contribution in [2.75, 3.05) is 5.32 Å². The first kappa shape index (κ1) is 17.9. The normalized spacial score (nSPS) is 10.2. The Morgan fingerprint density at radius 2 is 1.97 bits per heavy atom.